The molecule has 2 heterocycles. The summed E-state index contributed by atoms with van der Waals surface area (Å²) < 4.78 is 65.7. The quantitative estimate of drug-likeness (QED) is 0.652. The molecule has 1 aliphatic heterocycles. The molecule has 0 atom stereocenters. The molecule has 1 aromatic heterocycles. The van der Waals surface area contributed by atoms with E-state index >= 15 is 0 Å². The van der Waals surface area contributed by atoms with E-state index in [1.54, 1.807) is 21.9 Å². The second-order valence-corrected chi connectivity index (χ2v) is 9.96. The van der Waals surface area contributed by atoms with Crippen LogP contribution in [0.15, 0.2) is 35.4 Å². The number of alkyl halides is 3. The van der Waals surface area contributed by atoms with Gasteiger partial charge in [-0.3, -0.25) is 4.79 Å². The van der Waals surface area contributed by atoms with Crippen LogP contribution in [0.25, 0.3) is 0 Å². The van der Waals surface area contributed by atoms with E-state index in [4.69, 9.17) is 11.6 Å². The summed E-state index contributed by atoms with van der Waals surface area (Å²) in [4.78, 5) is 19.8. The maximum atomic E-state index is 12.8. The lowest BCUT2D eigenvalue weighted by molar-refractivity contribution is -0.137. The lowest BCUT2D eigenvalue weighted by Gasteiger charge is -2.36. The number of nitrogens with one attached hydrogen (secondary N) is 1. The van der Waals surface area contributed by atoms with Gasteiger partial charge in [-0.25, -0.2) is 18.1 Å². The second kappa shape index (κ2) is 9.86. The van der Waals surface area contributed by atoms with Crippen molar-refractivity contribution in [2.75, 3.05) is 37.6 Å². The van der Waals surface area contributed by atoms with Crippen molar-refractivity contribution in [1.82, 2.24) is 14.6 Å². The number of nitrogens with zero attached hydrogens (tertiary/aromatic N) is 3. The van der Waals surface area contributed by atoms with E-state index in [2.05, 4.69) is 9.71 Å². The minimum Gasteiger partial charge on any atom is -0.352 e. The third-order valence-electron chi connectivity index (χ3n) is 5.50. The van der Waals surface area contributed by atoms with Crippen LogP contribution in [0.5, 0.6) is 0 Å². The summed E-state index contributed by atoms with van der Waals surface area (Å²) >= 11 is 6.00. The van der Waals surface area contributed by atoms with Crippen LogP contribution in [0.3, 0.4) is 0 Å². The van der Waals surface area contributed by atoms with Gasteiger partial charge in [0.1, 0.15) is 5.82 Å². The first-order valence-electron chi connectivity index (χ1n) is 10.2. The molecule has 12 heteroatoms. The average molecular weight is 505 g/mol. The standard InChI is InChI=1S/C21H24ClF3N4O3S/c1-14-3-4-17(11-15(14)2)33(31,32)27-6-5-19(30)28-7-9-29(10-8-28)20-18(22)12-16(13-26-20)21(23,24)25/h3-4,11-13,27H,5-10H2,1-2H3. The van der Waals surface area contributed by atoms with Crippen molar-refractivity contribution in [3.8, 4) is 0 Å². The third-order valence-corrected chi connectivity index (χ3v) is 7.24. The maximum absolute atomic E-state index is 12.8. The predicted molar refractivity (Wildman–Crippen MR) is 119 cm³/mol. The van der Waals surface area contributed by atoms with Crippen molar-refractivity contribution in [2.45, 2.75) is 31.3 Å². The van der Waals surface area contributed by atoms with Crippen LogP contribution >= 0.6 is 11.6 Å². The summed E-state index contributed by atoms with van der Waals surface area (Å²) in [5, 5.41) is -0.106. The Morgan fingerprint density at radius 3 is 2.36 bits per heavy atom. The zero-order chi connectivity index (χ0) is 24.4. The highest BCUT2D eigenvalue weighted by molar-refractivity contribution is 7.89. The lowest BCUT2D eigenvalue weighted by atomic mass is 10.1. The average Bonchev–Trinajstić information content (AvgIpc) is 2.75. The molecular weight excluding hydrogens is 481 g/mol. The number of halogens is 4. The zero-order valence-electron chi connectivity index (χ0n) is 18.1. The van der Waals surface area contributed by atoms with Crippen LogP contribution in [0.1, 0.15) is 23.1 Å². The summed E-state index contributed by atoms with van der Waals surface area (Å²) in [6, 6.07) is 5.67. The Morgan fingerprint density at radius 2 is 1.79 bits per heavy atom. The van der Waals surface area contributed by atoms with Crippen molar-refractivity contribution in [2.24, 2.45) is 0 Å². The van der Waals surface area contributed by atoms with Crippen molar-refractivity contribution in [1.29, 1.82) is 0 Å². The van der Waals surface area contributed by atoms with E-state index in [1.807, 2.05) is 13.8 Å². The lowest BCUT2D eigenvalue weighted by Crippen LogP contribution is -2.49. The Labute approximate surface area is 195 Å². The van der Waals surface area contributed by atoms with Crippen molar-refractivity contribution in [3.05, 3.63) is 52.2 Å². The molecule has 180 valence electrons. The summed E-state index contributed by atoms with van der Waals surface area (Å²) in [5.74, 6) is 0.0156. The van der Waals surface area contributed by atoms with Crippen LogP contribution in [0, 0.1) is 13.8 Å². The van der Waals surface area contributed by atoms with Crippen molar-refractivity contribution < 1.29 is 26.4 Å². The number of aryl methyl sites for hydroxylation is 2. The molecule has 1 saturated heterocycles. The first-order valence-corrected chi connectivity index (χ1v) is 12.1. The monoisotopic (exact) mass is 504 g/mol. The number of rotatable bonds is 6. The molecule has 7 nitrogen and oxygen atoms in total. The van der Waals surface area contributed by atoms with Gasteiger partial charge in [-0.2, -0.15) is 13.2 Å². The molecule has 0 unspecified atom stereocenters. The molecule has 1 aliphatic rings. The Hall–Kier alpha value is -2.37. The normalized spacial score (nSPS) is 15.1. The highest BCUT2D eigenvalue weighted by atomic mass is 35.5. The molecule has 0 bridgehead atoms. The number of amides is 1. The fourth-order valence-electron chi connectivity index (χ4n) is 3.40. The molecule has 3 rings (SSSR count). The first-order chi connectivity index (χ1) is 15.4. The molecule has 1 aromatic carbocycles. The smallest absolute Gasteiger partial charge is 0.352 e. The van der Waals surface area contributed by atoms with Crippen LogP contribution < -0.4 is 9.62 Å². The number of piperazine rings is 1. The fourth-order valence-corrected chi connectivity index (χ4v) is 4.80. The first kappa shape index (κ1) is 25.3. The van der Waals surface area contributed by atoms with Crippen molar-refractivity contribution >= 4 is 33.3 Å². The second-order valence-electron chi connectivity index (χ2n) is 7.79. The minimum atomic E-state index is -4.53. The molecule has 0 radical (unpaired) electrons. The summed E-state index contributed by atoms with van der Waals surface area (Å²) in [5.41, 5.74) is 0.916. The maximum Gasteiger partial charge on any atom is 0.417 e. The molecule has 0 saturated carbocycles. The molecule has 1 N–H and O–H groups in total. The van der Waals surface area contributed by atoms with Gasteiger partial charge in [-0.1, -0.05) is 17.7 Å². The van der Waals surface area contributed by atoms with Gasteiger partial charge in [-0.05, 0) is 43.2 Å². The molecular formula is C21H24ClF3N4O3S. The van der Waals surface area contributed by atoms with E-state index in [9.17, 15) is 26.4 Å². The van der Waals surface area contributed by atoms with Gasteiger partial charge in [0.2, 0.25) is 15.9 Å². The fraction of sp³-hybridized carbons (Fsp3) is 0.429. The molecule has 1 fully saturated rings. The topological polar surface area (TPSA) is 82.6 Å². The Balaban J connectivity index is 1.51. The number of anilines is 1. The zero-order valence-corrected chi connectivity index (χ0v) is 19.7. The third kappa shape index (κ3) is 6.15. The van der Waals surface area contributed by atoms with E-state index < -0.39 is 21.8 Å². The van der Waals surface area contributed by atoms with E-state index in [-0.39, 0.29) is 34.6 Å². The summed E-state index contributed by atoms with van der Waals surface area (Å²) in [6.45, 7) is 5.00. The number of pyridine rings is 1. The number of sulfonamides is 1. The number of hydrogen-bond donors (Lipinski definition) is 1. The van der Waals surface area contributed by atoms with Gasteiger partial charge in [-0.15, -0.1) is 0 Å². The minimum absolute atomic E-state index is 0.0106. The van der Waals surface area contributed by atoms with Gasteiger partial charge in [0.25, 0.3) is 0 Å². The van der Waals surface area contributed by atoms with E-state index in [0.717, 1.165) is 23.4 Å². The number of aromatic nitrogens is 1. The van der Waals surface area contributed by atoms with Gasteiger partial charge in [0.15, 0.2) is 0 Å². The van der Waals surface area contributed by atoms with Crippen LogP contribution in [0.4, 0.5) is 19.0 Å². The molecule has 33 heavy (non-hydrogen) atoms. The van der Waals surface area contributed by atoms with Crippen molar-refractivity contribution in [3.63, 3.8) is 0 Å². The SMILES string of the molecule is Cc1ccc(S(=O)(=O)NCCC(=O)N2CCN(c3ncc(C(F)(F)F)cc3Cl)CC2)cc1C. The molecule has 0 aliphatic carbocycles. The van der Waals surface area contributed by atoms with Crippen LogP contribution in [-0.2, 0) is 21.0 Å². The van der Waals surface area contributed by atoms with E-state index in [0.29, 0.717) is 26.2 Å². The molecule has 1 amide bonds. The number of benzene rings is 1. The Bertz CT molecular complexity index is 1130. The predicted octanol–water partition coefficient (Wildman–Crippen LogP) is 3.39. The summed E-state index contributed by atoms with van der Waals surface area (Å²) in [6.07, 6.45) is -3.80. The van der Waals surface area contributed by atoms with Crippen LogP contribution in [0.2, 0.25) is 5.02 Å². The Kier molecular flexibility index (Phi) is 7.55. The molecule has 2 aromatic rings. The van der Waals surface area contributed by atoms with Gasteiger partial charge in [0, 0.05) is 45.3 Å². The number of carbonyl (C=O) groups excluding carboxylic acids is 1. The van der Waals surface area contributed by atoms with Gasteiger partial charge >= 0.3 is 6.18 Å². The highest BCUT2D eigenvalue weighted by Gasteiger charge is 2.32. The largest absolute Gasteiger partial charge is 0.417 e. The van der Waals surface area contributed by atoms with Gasteiger partial charge < -0.3 is 9.80 Å². The number of carbonyl (C=O) groups is 1. The number of hydrogen-bond acceptors (Lipinski definition) is 5. The van der Waals surface area contributed by atoms with Gasteiger partial charge in [0.05, 0.1) is 15.5 Å². The highest BCUT2D eigenvalue weighted by Crippen LogP contribution is 2.33. The molecule has 0 spiro atoms. The summed E-state index contributed by atoms with van der Waals surface area (Å²) in [7, 11) is -3.72. The van der Waals surface area contributed by atoms with E-state index in [1.165, 1.54) is 6.07 Å². The Morgan fingerprint density at radius 1 is 1.12 bits per heavy atom. The van der Waals surface area contributed by atoms with Crippen LogP contribution in [-0.4, -0.2) is 56.9 Å².